The Hall–Kier alpha value is -1.75. The number of hydrogen-bond acceptors (Lipinski definition) is 4. The summed E-state index contributed by atoms with van der Waals surface area (Å²) in [6.45, 7) is 0.365. The first-order chi connectivity index (χ1) is 7.67. The van der Waals surface area contributed by atoms with Gasteiger partial charge in [-0.3, -0.25) is 4.79 Å². The highest BCUT2D eigenvalue weighted by Crippen LogP contribution is 2.24. The van der Waals surface area contributed by atoms with Crippen LogP contribution in [0.25, 0.3) is 0 Å². The number of primary amides is 1. The van der Waals surface area contributed by atoms with Gasteiger partial charge in [-0.2, -0.15) is 0 Å². The molecule has 0 atom stereocenters. The quantitative estimate of drug-likeness (QED) is 0.715. The lowest BCUT2D eigenvalue weighted by atomic mass is 10.1. The number of ether oxygens (including phenoxy) is 2. The van der Waals surface area contributed by atoms with E-state index in [2.05, 4.69) is 0 Å². The number of carbonyl (C=O) groups excluding carboxylic acids is 1. The van der Waals surface area contributed by atoms with Crippen LogP contribution in [0.5, 0.6) is 11.5 Å². The summed E-state index contributed by atoms with van der Waals surface area (Å²) in [6.07, 6.45) is 0.679. The molecule has 16 heavy (non-hydrogen) atoms. The van der Waals surface area contributed by atoms with E-state index in [1.54, 1.807) is 13.2 Å². The maximum absolute atomic E-state index is 10.6. The standard InChI is InChI=1S/C11H16N2O3/c1-15-9-3-2-8(4-5-12)10(6-9)16-7-11(13)14/h2-3,6H,4-5,7,12H2,1H3,(H2,13,14). The molecular weight excluding hydrogens is 208 g/mol. The SMILES string of the molecule is COc1ccc(CCN)c(OCC(N)=O)c1. The van der Waals surface area contributed by atoms with Crippen LogP contribution < -0.4 is 20.9 Å². The molecule has 1 amide bonds. The predicted molar refractivity (Wildman–Crippen MR) is 60.4 cm³/mol. The van der Waals surface area contributed by atoms with Gasteiger partial charge >= 0.3 is 0 Å². The lowest BCUT2D eigenvalue weighted by Gasteiger charge is -2.11. The average Bonchev–Trinajstić information content (AvgIpc) is 2.28. The summed E-state index contributed by atoms with van der Waals surface area (Å²) in [4.78, 5) is 10.6. The molecule has 0 aromatic heterocycles. The minimum atomic E-state index is -0.512. The smallest absolute Gasteiger partial charge is 0.255 e. The summed E-state index contributed by atoms with van der Waals surface area (Å²) in [5.74, 6) is 0.741. The zero-order valence-electron chi connectivity index (χ0n) is 9.23. The Labute approximate surface area is 94.3 Å². The Morgan fingerprint density at radius 2 is 2.19 bits per heavy atom. The van der Waals surface area contributed by atoms with E-state index in [0.29, 0.717) is 24.5 Å². The number of benzene rings is 1. The van der Waals surface area contributed by atoms with Crippen LogP contribution in [0.3, 0.4) is 0 Å². The predicted octanol–water partition coefficient (Wildman–Crippen LogP) is 0.0605. The summed E-state index contributed by atoms with van der Waals surface area (Å²) >= 11 is 0. The Kier molecular flexibility index (Phi) is 4.60. The summed E-state index contributed by atoms with van der Waals surface area (Å²) in [5.41, 5.74) is 11.4. The molecule has 88 valence electrons. The van der Waals surface area contributed by atoms with E-state index in [9.17, 15) is 4.79 Å². The van der Waals surface area contributed by atoms with E-state index >= 15 is 0 Å². The Balaban J connectivity index is 2.86. The third kappa shape index (κ3) is 3.43. The molecule has 0 aliphatic carbocycles. The van der Waals surface area contributed by atoms with Crippen molar-refractivity contribution < 1.29 is 14.3 Å². The number of nitrogens with two attached hydrogens (primary N) is 2. The third-order valence-corrected chi connectivity index (χ3v) is 2.06. The monoisotopic (exact) mass is 224 g/mol. The van der Waals surface area contributed by atoms with Crippen molar-refractivity contribution >= 4 is 5.91 Å². The first kappa shape index (κ1) is 12.3. The highest BCUT2D eigenvalue weighted by Gasteiger charge is 2.06. The first-order valence-electron chi connectivity index (χ1n) is 4.95. The molecule has 0 fully saturated rings. The van der Waals surface area contributed by atoms with Crippen molar-refractivity contribution in [1.82, 2.24) is 0 Å². The van der Waals surface area contributed by atoms with Crippen LogP contribution in [0, 0.1) is 0 Å². The molecule has 0 aliphatic rings. The maximum atomic E-state index is 10.6. The van der Waals surface area contributed by atoms with Crippen LogP contribution in [0.2, 0.25) is 0 Å². The second-order valence-electron chi connectivity index (χ2n) is 3.27. The fourth-order valence-electron chi connectivity index (χ4n) is 1.31. The first-order valence-corrected chi connectivity index (χ1v) is 4.95. The molecule has 5 heteroatoms. The molecule has 0 saturated heterocycles. The van der Waals surface area contributed by atoms with Gasteiger partial charge in [0.05, 0.1) is 7.11 Å². The number of rotatable bonds is 6. The van der Waals surface area contributed by atoms with Gasteiger partial charge in [0.1, 0.15) is 11.5 Å². The lowest BCUT2D eigenvalue weighted by Crippen LogP contribution is -2.20. The van der Waals surface area contributed by atoms with Crippen LogP contribution in [0.1, 0.15) is 5.56 Å². The molecule has 1 aromatic carbocycles. The maximum Gasteiger partial charge on any atom is 0.255 e. The van der Waals surface area contributed by atoms with Gasteiger partial charge in [-0.15, -0.1) is 0 Å². The minimum Gasteiger partial charge on any atom is -0.497 e. The van der Waals surface area contributed by atoms with Gasteiger partial charge in [-0.05, 0) is 24.6 Å². The largest absolute Gasteiger partial charge is 0.497 e. The molecule has 1 aromatic rings. The molecule has 0 unspecified atom stereocenters. The Morgan fingerprint density at radius 1 is 1.44 bits per heavy atom. The van der Waals surface area contributed by atoms with Crippen molar-refractivity contribution in [3.05, 3.63) is 23.8 Å². The van der Waals surface area contributed by atoms with Crippen molar-refractivity contribution in [3.8, 4) is 11.5 Å². The number of amides is 1. The van der Waals surface area contributed by atoms with Crippen molar-refractivity contribution in [2.24, 2.45) is 11.5 Å². The molecule has 5 nitrogen and oxygen atoms in total. The molecule has 0 spiro atoms. The van der Waals surface area contributed by atoms with Crippen LogP contribution in [0.15, 0.2) is 18.2 Å². The van der Waals surface area contributed by atoms with Crippen molar-refractivity contribution in [2.75, 3.05) is 20.3 Å². The van der Waals surface area contributed by atoms with Gasteiger partial charge < -0.3 is 20.9 Å². The van der Waals surface area contributed by atoms with Gasteiger partial charge in [0.2, 0.25) is 0 Å². The molecule has 0 heterocycles. The van der Waals surface area contributed by atoms with E-state index in [1.165, 1.54) is 0 Å². The Bertz CT molecular complexity index is 366. The second kappa shape index (κ2) is 5.97. The fourth-order valence-corrected chi connectivity index (χ4v) is 1.31. The molecule has 0 radical (unpaired) electrons. The highest BCUT2D eigenvalue weighted by atomic mass is 16.5. The molecule has 0 aliphatic heterocycles. The number of hydrogen-bond donors (Lipinski definition) is 2. The highest BCUT2D eigenvalue weighted by molar-refractivity contribution is 5.75. The molecule has 4 N–H and O–H groups in total. The number of carbonyl (C=O) groups is 1. The zero-order valence-corrected chi connectivity index (χ0v) is 9.23. The topological polar surface area (TPSA) is 87.6 Å². The van der Waals surface area contributed by atoms with Crippen molar-refractivity contribution in [2.45, 2.75) is 6.42 Å². The molecule has 0 saturated carbocycles. The molecular formula is C11H16N2O3. The van der Waals surface area contributed by atoms with E-state index < -0.39 is 5.91 Å². The van der Waals surface area contributed by atoms with E-state index in [1.807, 2.05) is 12.1 Å². The number of methoxy groups -OCH3 is 1. The second-order valence-corrected chi connectivity index (χ2v) is 3.27. The molecule has 1 rings (SSSR count). The summed E-state index contributed by atoms with van der Waals surface area (Å²) in [6, 6.07) is 5.40. The van der Waals surface area contributed by atoms with Gasteiger partial charge in [-0.1, -0.05) is 6.07 Å². The molecule has 0 bridgehead atoms. The average molecular weight is 224 g/mol. The van der Waals surface area contributed by atoms with Crippen molar-refractivity contribution in [3.63, 3.8) is 0 Å². The van der Waals surface area contributed by atoms with E-state index in [0.717, 1.165) is 5.56 Å². The van der Waals surface area contributed by atoms with Crippen LogP contribution in [-0.4, -0.2) is 26.2 Å². The van der Waals surface area contributed by atoms with Crippen LogP contribution >= 0.6 is 0 Å². The Morgan fingerprint density at radius 3 is 2.75 bits per heavy atom. The van der Waals surface area contributed by atoms with Gasteiger partial charge in [0.25, 0.3) is 5.91 Å². The minimum absolute atomic E-state index is 0.148. The summed E-state index contributed by atoms with van der Waals surface area (Å²) < 4.78 is 10.4. The van der Waals surface area contributed by atoms with E-state index in [4.69, 9.17) is 20.9 Å². The summed E-state index contributed by atoms with van der Waals surface area (Å²) in [7, 11) is 1.57. The van der Waals surface area contributed by atoms with Crippen molar-refractivity contribution in [1.29, 1.82) is 0 Å². The van der Waals surface area contributed by atoms with Gasteiger partial charge in [0, 0.05) is 6.07 Å². The normalized spacial score (nSPS) is 9.88. The zero-order chi connectivity index (χ0) is 12.0. The van der Waals surface area contributed by atoms with Crippen LogP contribution in [0.4, 0.5) is 0 Å². The van der Waals surface area contributed by atoms with Gasteiger partial charge in [-0.25, -0.2) is 0 Å². The lowest BCUT2D eigenvalue weighted by molar-refractivity contribution is -0.119. The fraction of sp³-hybridized carbons (Fsp3) is 0.364. The van der Waals surface area contributed by atoms with E-state index in [-0.39, 0.29) is 6.61 Å². The van der Waals surface area contributed by atoms with Crippen LogP contribution in [-0.2, 0) is 11.2 Å². The third-order valence-electron chi connectivity index (χ3n) is 2.06. The van der Waals surface area contributed by atoms with Gasteiger partial charge in [0.15, 0.2) is 6.61 Å². The summed E-state index contributed by atoms with van der Waals surface area (Å²) in [5, 5.41) is 0.